The molecule has 0 saturated carbocycles. The second-order valence-corrected chi connectivity index (χ2v) is 11.2. The highest BCUT2D eigenvalue weighted by atomic mass is 35.5. The summed E-state index contributed by atoms with van der Waals surface area (Å²) in [5.74, 6) is -1.27. The Bertz CT molecular complexity index is 1310. The number of carbonyl (C=O) groups is 3. The number of aromatic nitrogens is 1. The predicted molar refractivity (Wildman–Crippen MR) is 138 cm³/mol. The average Bonchev–Trinajstić information content (AvgIpc) is 3.42. The molecule has 1 aliphatic heterocycles. The lowest BCUT2D eigenvalue weighted by atomic mass is 9.54. The molecular formula is C28H25Cl2N3O4. The molecule has 3 aliphatic carbocycles. The van der Waals surface area contributed by atoms with Crippen LogP contribution in [0.15, 0.2) is 59.1 Å². The summed E-state index contributed by atoms with van der Waals surface area (Å²) >= 11 is 14.8. The number of anilines is 1. The van der Waals surface area contributed by atoms with Crippen LogP contribution in [0.2, 0.25) is 0 Å². The third-order valence-electron chi connectivity index (χ3n) is 7.86. The van der Waals surface area contributed by atoms with Crippen molar-refractivity contribution in [3.05, 3.63) is 82.6 Å². The Morgan fingerprint density at radius 2 is 1.43 bits per heavy atom. The molecule has 0 unspecified atom stereocenters. The van der Waals surface area contributed by atoms with Crippen LogP contribution in [0.1, 0.15) is 53.7 Å². The van der Waals surface area contributed by atoms with Crippen molar-refractivity contribution in [3.63, 3.8) is 0 Å². The van der Waals surface area contributed by atoms with Crippen molar-refractivity contribution < 1.29 is 18.9 Å². The SMILES string of the molecule is Cc1cc(NC(=O)CCCCCN2C(=O)[C@H]3[C@H](C2=O)C2(Cl)c4ccccc4C3(Cl)c3ccccc32)no1. The fraction of sp³-hybridized carbons (Fsp3) is 0.357. The number of amides is 3. The molecule has 0 spiro atoms. The van der Waals surface area contributed by atoms with Gasteiger partial charge in [-0.1, -0.05) is 60.1 Å². The van der Waals surface area contributed by atoms with Crippen molar-refractivity contribution in [2.45, 2.75) is 42.4 Å². The summed E-state index contributed by atoms with van der Waals surface area (Å²) in [6.45, 7) is 2.02. The molecule has 1 aromatic heterocycles. The number of aryl methyl sites for hydroxylation is 1. The van der Waals surface area contributed by atoms with E-state index in [-0.39, 0.29) is 24.3 Å². The van der Waals surface area contributed by atoms with Crippen LogP contribution in [0, 0.1) is 18.8 Å². The zero-order valence-electron chi connectivity index (χ0n) is 20.2. The molecule has 9 heteroatoms. The number of nitrogens with zero attached hydrogens (tertiary/aromatic N) is 2. The molecule has 2 atom stereocenters. The molecule has 0 radical (unpaired) electrons. The van der Waals surface area contributed by atoms with Crippen LogP contribution in [0.25, 0.3) is 0 Å². The normalized spacial score (nSPS) is 27.2. The van der Waals surface area contributed by atoms with E-state index in [9.17, 15) is 14.4 Å². The predicted octanol–water partition coefficient (Wildman–Crippen LogP) is 5.08. The minimum absolute atomic E-state index is 0.159. The van der Waals surface area contributed by atoms with Gasteiger partial charge in [0.05, 0.1) is 11.8 Å². The maximum Gasteiger partial charge on any atom is 0.235 e. The number of unbranched alkanes of at least 4 members (excludes halogenated alkanes) is 2. The quantitative estimate of drug-likeness (QED) is 0.258. The third kappa shape index (κ3) is 3.40. The van der Waals surface area contributed by atoms with Crippen LogP contribution in [-0.4, -0.2) is 34.3 Å². The Balaban J connectivity index is 1.18. The lowest BCUT2D eigenvalue weighted by Crippen LogP contribution is -2.57. The van der Waals surface area contributed by atoms with Crippen molar-refractivity contribution in [2.24, 2.45) is 11.8 Å². The van der Waals surface area contributed by atoms with Gasteiger partial charge in [0.1, 0.15) is 15.5 Å². The number of hydrogen-bond acceptors (Lipinski definition) is 5. The van der Waals surface area contributed by atoms with E-state index in [4.69, 9.17) is 27.7 Å². The fourth-order valence-electron chi connectivity index (χ4n) is 6.31. The van der Waals surface area contributed by atoms with Crippen LogP contribution in [0.5, 0.6) is 0 Å². The first-order chi connectivity index (χ1) is 17.8. The molecule has 2 heterocycles. The van der Waals surface area contributed by atoms with Crippen LogP contribution < -0.4 is 5.32 Å². The molecule has 3 aromatic rings. The first-order valence-corrected chi connectivity index (χ1v) is 13.2. The van der Waals surface area contributed by atoms with Crippen molar-refractivity contribution in [1.29, 1.82) is 0 Å². The Morgan fingerprint density at radius 1 is 0.919 bits per heavy atom. The van der Waals surface area contributed by atoms with Gasteiger partial charge >= 0.3 is 0 Å². The molecule has 4 aliphatic rings. The zero-order chi connectivity index (χ0) is 25.9. The number of carbonyl (C=O) groups excluding carboxylic acids is 3. The van der Waals surface area contributed by atoms with E-state index in [2.05, 4.69) is 10.5 Å². The highest BCUT2D eigenvalue weighted by molar-refractivity contribution is 6.36. The van der Waals surface area contributed by atoms with Crippen LogP contribution in [-0.2, 0) is 24.1 Å². The van der Waals surface area contributed by atoms with Gasteiger partial charge in [-0.3, -0.25) is 19.3 Å². The summed E-state index contributed by atoms with van der Waals surface area (Å²) in [7, 11) is 0. The van der Waals surface area contributed by atoms with Gasteiger partial charge in [-0.25, -0.2) is 0 Å². The van der Waals surface area contributed by atoms with Gasteiger partial charge in [-0.15, -0.1) is 23.2 Å². The summed E-state index contributed by atoms with van der Waals surface area (Å²) in [6, 6.07) is 16.9. The van der Waals surface area contributed by atoms with Gasteiger partial charge in [0.25, 0.3) is 0 Å². The Morgan fingerprint density at radius 3 is 1.89 bits per heavy atom. The van der Waals surface area contributed by atoms with E-state index >= 15 is 0 Å². The Labute approximate surface area is 224 Å². The summed E-state index contributed by atoms with van der Waals surface area (Å²) < 4.78 is 4.95. The van der Waals surface area contributed by atoms with E-state index in [1.807, 2.05) is 48.5 Å². The van der Waals surface area contributed by atoms with Crippen LogP contribution in [0.4, 0.5) is 5.82 Å². The molecule has 7 rings (SSSR count). The number of benzene rings is 2. The van der Waals surface area contributed by atoms with Crippen LogP contribution >= 0.6 is 23.2 Å². The summed E-state index contributed by atoms with van der Waals surface area (Å²) in [4.78, 5) is 38.7. The van der Waals surface area contributed by atoms with E-state index in [1.54, 1.807) is 13.0 Å². The van der Waals surface area contributed by atoms with Gasteiger partial charge in [0, 0.05) is 19.0 Å². The number of likely N-dealkylation sites (tertiary alicyclic amines) is 1. The zero-order valence-corrected chi connectivity index (χ0v) is 21.7. The maximum atomic E-state index is 13.8. The molecular weight excluding hydrogens is 513 g/mol. The minimum Gasteiger partial charge on any atom is -0.360 e. The summed E-state index contributed by atoms with van der Waals surface area (Å²) in [5, 5.41) is 6.45. The fourth-order valence-corrected chi connectivity index (χ4v) is 7.41. The van der Waals surface area contributed by atoms with Gasteiger partial charge in [0.2, 0.25) is 17.7 Å². The third-order valence-corrected chi connectivity index (χ3v) is 9.14. The van der Waals surface area contributed by atoms with Crippen molar-refractivity contribution >= 4 is 46.7 Å². The summed E-state index contributed by atoms with van der Waals surface area (Å²) in [6.07, 6.45) is 2.18. The molecule has 3 amide bonds. The lowest BCUT2D eigenvalue weighted by Gasteiger charge is -2.54. The number of hydrogen-bond donors (Lipinski definition) is 1. The van der Waals surface area contributed by atoms with Gasteiger partial charge in [-0.05, 0) is 42.0 Å². The van der Waals surface area contributed by atoms with Crippen molar-refractivity contribution in [1.82, 2.24) is 10.1 Å². The summed E-state index contributed by atoms with van der Waals surface area (Å²) in [5.41, 5.74) is 3.18. The standard InChI is InChI=1S/C28H25Cl2N3O4/c1-16-15-21(32-37-16)31-22(34)13-3-2-8-14-33-25(35)23-24(26(33)36)28(30)18-10-5-4-9-17(18)27(23,29)19-11-6-7-12-20(19)28/h4-7,9-12,15,23-24H,2-3,8,13-14H2,1H3,(H,31,32,34)/t23-,24-,27?,28?/m1/s1. The van der Waals surface area contributed by atoms with E-state index in [0.717, 1.165) is 22.3 Å². The molecule has 2 bridgehead atoms. The second kappa shape index (κ2) is 8.71. The molecule has 1 saturated heterocycles. The average molecular weight is 538 g/mol. The van der Waals surface area contributed by atoms with Crippen molar-refractivity contribution in [3.8, 4) is 0 Å². The molecule has 2 aromatic carbocycles. The topological polar surface area (TPSA) is 92.5 Å². The van der Waals surface area contributed by atoms with Crippen LogP contribution in [0.3, 0.4) is 0 Å². The smallest absolute Gasteiger partial charge is 0.235 e. The Kier molecular flexibility index (Phi) is 5.69. The second-order valence-electron chi connectivity index (χ2n) is 9.98. The monoisotopic (exact) mass is 537 g/mol. The largest absolute Gasteiger partial charge is 0.360 e. The Hall–Kier alpha value is -3.16. The molecule has 190 valence electrons. The molecule has 1 N–H and O–H groups in total. The highest BCUT2D eigenvalue weighted by Gasteiger charge is 2.72. The number of rotatable bonds is 7. The van der Waals surface area contributed by atoms with E-state index < -0.39 is 21.6 Å². The molecule has 1 fully saturated rings. The van der Waals surface area contributed by atoms with Crippen molar-refractivity contribution in [2.75, 3.05) is 11.9 Å². The number of imide groups is 1. The first kappa shape index (κ1) is 24.2. The van der Waals surface area contributed by atoms with Gasteiger partial charge < -0.3 is 9.84 Å². The molecule has 7 nitrogen and oxygen atoms in total. The van der Waals surface area contributed by atoms with E-state index in [0.29, 0.717) is 37.3 Å². The number of nitrogens with one attached hydrogen (secondary N) is 1. The van der Waals surface area contributed by atoms with Gasteiger partial charge in [0.15, 0.2) is 5.82 Å². The van der Waals surface area contributed by atoms with E-state index in [1.165, 1.54) is 4.90 Å². The van der Waals surface area contributed by atoms with Gasteiger partial charge in [-0.2, -0.15) is 0 Å². The number of halogens is 2. The highest BCUT2D eigenvalue weighted by Crippen LogP contribution is 2.69. The maximum absolute atomic E-state index is 13.8. The number of alkyl halides is 2. The first-order valence-electron chi connectivity index (χ1n) is 12.4. The molecule has 37 heavy (non-hydrogen) atoms. The lowest BCUT2D eigenvalue weighted by molar-refractivity contribution is -0.140. The minimum atomic E-state index is -1.16.